The van der Waals surface area contributed by atoms with Crippen LogP contribution in [0.3, 0.4) is 0 Å². The number of anilines is 2. The second-order valence-electron chi connectivity index (χ2n) is 9.68. The molecule has 2 fully saturated rings. The molecule has 8 nitrogen and oxygen atoms in total. The van der Waals surface area contributed by atoms with Crippen molar-refractivity contribution in [1.82, 2.24) is 10.3 Å². The van der Waals surface area contributed by atoms with Crippen LogP contribution in [-0.2, 0) is 11.3 Å². The Kier molecular flexibility index (Phi) is 7.32. The second-order valence-corrected chi connectivity index (χ2v) is 10.7. The number of aromatic nitrogens is 1. The van der Waals surface area contributed by atoms with Gasteiger partial charge < -0.3 is 25.0 Å². The number of nitrogens with zero attached hydrogens (tertiary/aromatic N) is 2. The van der Waals surface area contributed by atoms with Gasteiger partial charge in [0.1, 0.15) is 22.5 Å². The number of rotatable bonds is 9. The molecule has 2 N–H and O–H groups in total. The minimum Gasteiger partial charge on any atom is -0.490 e. The fourth-order valence-electron chi connectivity index (χ4n) is 4.43. The number of benzene rings is 2. The first-order valence-corrected chi connectivity index (χ1v) is 13.5. The van der Waals surface area contributed by atoms with E-state index in [2.05, 4.69) is 45.6 Å². The average Bonchev–Trinajstić information content (AvgIpc) is 3.43. The molecular weight excluding hydrogens is 488 g/mol. The van der Waals surface area contributed by atoms with Crippen LogP contribution < -0.4 is 25.0 Å². The standard InChI is InChI=1S/C28H32N4O4S/c1-17-14-23(35-22-8-9-22)10-11-25(17)32-13-12-24(16-32)36-21-6-4-20(5-7-21)15-29-27(34)26-18(2)30-28(37-26)31-19(3)33/h4-7,10-11,14,22,24H,8-9,12-13,15-16H2,1-3H3,(H,29,34)(H,30,31,33)/t24-/m1/s1. The molecule has 2 amide bonds. The molecule has 0 bridgehead atoms. The first-order valence-electron chi connectivity index (χ1n) is 12.6. The minimum atomic E-state index is -0.212. The molecule has 0 radical (unpaired) electrons. The van der Waals surface area contributed by atoms with Gasteiger partial charge >= 0.3 is 0 Å². The summed E-state index contributed by atoms with van der Waals surface area (Å²) in [5.41, 5.74) is 4.03. The topological polar surface area (TPSA) is 92.8 Å². The molecule has 5 rings (SSSR count). The molecule has 1 aliphatic carbocycles. The SMILES string of the molecule is CC(=O)Nc1nc(C)c(C(=O)NCc2ccc(O[C@@H]3CCN(c4ccc(OC5CC5)cc4C)C3)cc2)s1. The van der Waals surface area contributed by atoms with Gasteiger partial charge in [-0.1, -0.05) is 23.5 Å². The van der Waals surface area contributed by atoms with Crippen LogP contribution in [0.2, 0.25) is 0 Å². The van der Waals surface area contributed by atoms with E-state index in [1.807, 2.05) is 24.3 Å². The van der Waals surface area contributed by atoms with Gasteiger partial charge in [-0.25, -0.2) is 4.98 Å². The van der Waals surface area contributed by atoms with E-state index < -0.39 is 0 Å². The van der Waals surface area contributed by atoms with Crippen molar-refractivity contribution in [2.24, 2.45) is 0 Å². The molecule has 1 aromatic heterocycles. The molecule has 194 valence electrons. The Morgan fingerprint density at radius 3 is 2.46 bits per heavy atom. The van der Waals surface area contributed by atoms with Crippen LogP contribution in [0.25, 0.3) is 0 Å². The molecule has 2 heterocycles. The first-order chi connectivity index (χ1) is 17.8. The Labute approximate surface area is 221 Å². The van der Waals surface area contributed by atoms with Crippen molar-refractivity contribution in [2.45, 2.75) is 58.8 Å². The third kappa shape index (κ3) is 6.40. The minimum absolute atomic E-state index is 0.124. The molecule has 9 heteroatoms. The van der Waals surface area contributed by atoms with Crippen molar-refractivity contribution in [3.8, 4) is 11.5 Å². The Bertz CT molecular complexity index is 1290. The smallest absolute Gasteiger partial charge is 0.263 e. The summed E-state index contributed by atoms with van der Waals surface area (Å²) in [5.74, 6) is 1.37. The van der Waals surface area contributed by atoms with Crippen molar-refractivity contribution in [3.05, 3.63) is 64.2 Å². The Morgan fingerprint density at radius 1 is 1.03 bits per heavy atom. The zero-order valence-electron chi connectivity index (χ0n) is 21.4. The summed E-state index contributed by atoms with van der Waals surface area (Å²) in [6.45, 7) is 7.50. The van der Waals surface area contributed by atoms with Crippen LogP contribution in [0.15, 0.2) is 42.5 Å². The Morgan fingerprint density at radius 2 is 1.76 bits per heavy atom. The third-order valence-electron chi connectivity index (χ3n) is 6.45. The number of hydrogen-bond acceptors (Lipinski definition) is 7. The lowest BCUT2D eigenvalue weighted by molar-refractivity contribution is -0.114. The summed E-state index contributed by atoms with van der Waals surface area (Å²) < 4.78 is 12.2. The number of hydrogen-bond donors (Lipinski definition) is 2. The summed E-state index contributed by atoms with van der Waals surface area (Å²) in [4.78, 5) is 30.9. The molecule has 0 spiro atoms. The molecular formula is C28H32N4O4S. The molecule has 3 aromatic rings. The van der Waals surface area contributed by atoms with Crippen molar-refractivity contribution >= 4 is 34.0 Å². The number of thiazole rings is 1. The van der Waals surface area contributed by atoms with Gasteiger partial charge in [-0.2, -0.15) is 0 Å². The molecule has 1 atom stereocenters. The highest BCUT2D eigenvalue weighted by atomic mass is 32.1. The Hall–Kier alpha value is -3.59. The Balaban J connectivity index is 1.11. The van der Waals surface area contributed by atoms with E-state index in [1.165, 1.54) is 29.5 Å². The van der Waals surface area contributed by atoms with Crippen LogP contribution in [0.1, 0.15) is 52.7 Å². The highest BCUT2D eigenvalue weighted by Gasteiger charge is 2.27. The maximum absolute atomic E-state index is 12.6. The highest BCUT2D eigenvalue weighted by molar-refractivity contribution is 7.17. The average molecular weight is 521 g/mol. The summed E-state index contributed by atoms with van der Waals surface area (Å²) in [5, 5.41) is 5.97. The van der Waals surface area contributed by atoms with Crippen LogP contribution in [-0.4, -0.2) is 42.1 Å². The van der Waals surface area contributed by atoms with Crippen molar-refractivity contribution in [2.75, 3.05) is 23.3 Å². The summed E-state index contributed by atoms with van der Waals surface area (Å²) in [7, 11) is 0. The van der Waals surface area contributed by atoms with Gasteiger partial charge in [-0.05, 0) is 68.1 Å². The van der Waals surface area contributed by atoms with Crippen molar-refractivity contribution in [1.29, 1.82) is 0 Å². The molecule has 0 unspecified atom stereocenters. The van der Waals surface area contributed by atoms with Crippen LogP contribution in [0, 0.1) is 13.8 Å². The lowest BCUT2D eigenvalue weighted by Gasteiger charge is -2.22. The van der Waals surface area contributed by atoms with E-state index >= 15 is 0 Å². The van der Waals surface area contributed by atoms with Gasteiger partial charge in [0.05, 0.1) is 18.3 Å². The maximum atomic E-state index is 12.6. The van der Waals surface area contributed by atoms with Crippen molar-refractivity contribution < 1.29 is 19.1 Å². The monoisotopic (exact) mass is 520 g/mol. The fourth-order valence-corrected chi connectivity index (χ4v) is 5.36. The lowest BCUT2D eigenvalue weighted by Crippen LogP contribution is -2.25. The third-order valence-corrected chi connectivity index (χ3v) is 7.52. The summed E-state index contributed by atoms with van der Waals surface area (Å²) in [6.07, 6.45) is 3.82. The normalized spacial score (nSPS) is 16.9. The molecule has 1 saturated carbocycles. The van der Waals surface area contributed by atoms with E-state index in [-0.39, 0.29) is 17.9 Å². The van der Waals surface area contributed by atoms with E-state index in [0.29, 0.717) is 28.4 Å². The van der Waals surface area contributed by atoms with E-state index in [4.69, 9.17) is 9.47 Å². The molecule has 2 aromatic carbocycles. The van der Waals surface area contributed by atoms with Gasteiger partial charge in [0.25, 0.3) is 5.91 Å². The molecule has 37 heavy (non-hydrogen) atoms. The van der Waals surface area contributed by atoms with Gasteiger partial charge in [0.2, 0.25) is 5.91 Å². The largest absolute Gasteiger partial charge is 0.490 e. The fraction of sp³-hybridized carbons (Fsp3) is 0.393. The number of ether oxygens (including phenoxy) is 2. The van der Waals surface area contributed by atoms with E-state index in [1.54, 1.807) is 6.92 Å². The molecule has 2 aliphatic rings. The summed E-state index contributed by atoms with van der Waals surface area (Å²) >= 11 is 1.17. The lowest BCUT2D eigenvalue weighted by atomic mass is 10.1. The second kappa shape index (κ2) is 10.8. The van der Waals surface area contributed by atoms with Gasteiger partial charge in [0, 0.05) is 32.1 Å². The van der Waals surface area contributed by atoms with Gasteiger partial charge in [-0.3, -0.25) is 9.59 Å². The summed E-state index contributed by atoms with van der Waals surface area (Å²) in [6, 6.07) is 14.2. The number of carbonyl (C=O) groups excluding carboxylic acids is 2. The van der Waals surface area contributed by atoms with Gasteiger partial charge in [-0.15, -0.1) is 0 Å². The first kappa shape index (κ1) is 25.1. The van der Waals surface area contributed by atoms with Crippen LogP contribution in [0.4, 0.5) is 10.8 Å². The zero-order valence-corrected chi connectivity index (χ0v) is 22.2. The van der Waals surface area contributed by atoms with Crippen LogP contribution >= 0.6 is 11.3 Å². The predicted octanol–water partition coefficient (Wildman–Crippen LogP) is 4.85. The van der Waals surface area contributed by atoms with Crippen molar-refractivity contribution in [3.63, 3.8) is 0 Å². The molecule has 1 saturated heterocycles. The highest BCUT2D eigenvalue weighted by Crippen LogP contribution is 2.32. The number of amides is 2. The number of aryl methyl sites for hydroxylation is 2. The maximum Gasteiger partial charge on any atom is 0.263 e. The number of nitrogens with one attached hydrogen (secondary N) is 2. The number of carbonyl (C=O) groups is 2. The van der Waals surface area contributed by atoms with Gasteiger partial charge in [0.15, 0.2) is 5.13 Å². The van der Waals surface area contributed by atoms with E-state index in [0.717, 1.165) is 49.4 Å². The molecule has 1 aliphatic heterocycles. The van der Waals surface area contributed by atoms with Crippen LogP contribution in [0.5, 0.6) is 11.5 Å². The quantitative estimate of drug-likeness (QED) is 0.419. The zero-order chi connectivity index (χ0) is 25.9. The predicted molar refractivity (Wildman–Crippen MR) is 145 cm³/mol. The van der Waals surface area contributed by atoms with E-state index in [9.17, 15) is 9.59 Å².